The van der Waals surface area contributed by atoms with Crippen molar-refractivity contribution in [2.75, 3.05) is 0 Å². The molecule has 1 aromatic carbocycles. The van der Waals surface area contributed by atoms with E-state index in [4.69, 9.17) is 4.84 Å². The van der Waals surface area contributed by atoms with Crippen LogP contribution in [0, 0.1) is 0 Å². The van der Waals surface area contributed by atoms with Gasteiger partial charge in [-0.25, -0.2) is 8.42 Å². The molecule has 5 heteroatoms. The van der Waals surface area contributed by atoms with Gasteiger partial charge in [0.15, 0.2) is 0 Å². The lowest BCUT2D eigenvalue weighted by atomic mass is 10.2. The molecule has 90 valence electrons. The summed E-state index contributed by atoms with van der Waals surface area (Å²) in [5.41, 5.74) is 0.916. The second kappa shape index (κ2) is 4.95. The van der Waals surface area contributed by atoms with Gasteiger partial charge in [0.25, 0.3) is 0 Å². The van der Waals surface area contributed by atoms with Gasteiger partial charge in [-0.15, -0.1) is 0 Å². The number of hydrogen-bond acceptors (Lipinski definition) is 3. The first-order valence-electron chi connectivity index (χ1n) is 5.00. The van der Waals surface area contributed by atoms with Crippen molar-refractivity contribution >= 4 is 10.0 Å². The van der Waals surface area contributed by atoms with Crippen LogP contribution in [0.15, 0.2) is 30.3 Å². The van der Waals surface area contributed by atoms with Gasteiger partial charge in [-0.05, 0) is 26.3 Å². The van der Waals surface area contributed by atoms with Crippen LogP contribution in [0.5, 0.6) is 0 Å². The lowest BCUT2D eigenvalue weighted by Crippen LogP contribution is -2.39. The van der Waals surface area contributed by atoms with Crippen LogP contribution in [-0.4, -0.2) is 13.2 Å². The average molecular weight is 243 g/mol. The fraction of sp³-hybridized carbons (Fsp3) is 0.455. The molecular formula is C11H17NO3S. The quantitative estimate of drug-likeness (QED) is 0.821. The van der Waals surface area contributed by atoms with Gasteiger partial charge in [0, 0.05) is 0 Å². The van der Waals surface area contributed by atoms with E-state index >= 15 is 0 Å². The summed E-state index contributed by atoms with van der Waals surface area (Å²) in [6, 6.07) is 9.37. The maximum atomic E-state index is 11.6. The van der Waals surface area contributed by atoms with E-state index in [9.17, 15) is 8.42 Å². The summed E-state index contributed by atoms with van der Waals surface area (Å²) in [6.07, 6.45) is 0. The van der Waals surface area contributed by atoms with Crippen LogP contribution in [-0.2, 0) is 21.5 Å². The van der Waals surface area contributed by atoms with E-state index in [1.165, 1.54) is 0 Å². The molecule has 0 spiro atoms. The third-order valence-corrected chi connectivity index (χ3v) is 4.01. The lowest BCUT2D eigenvalue weighted by Gasteiger charge is -2.19. The van der Waals surface area contributed by atoms with Gasteiger partial charge in [-0.1, -0.05) is 35.2 Å². The van der Waals surface area contributed by atoms with Crippen LogP contribution in [0.3, 0.4) is 0 Å². The molecule has 0 saturated carbocycles. The molecule has 0 atom stereocenters. The highest BCUT2D eigenvalue weighted by Crippen LogP contribution is 2.13. The van der Waals surface area contributed by atoms with Crippen molar-refractivity contribution in [3.63, 3.8) is 0 Å². The minimum atomic E-state index is -3.44. The smallest absolute Gasteiger partial charge is 0.238 e. The molecule has 1 N–H and O–H groups in total. The van der Waals surface area contributed by atoms with E-state index in [-0.39, 0.29) is 6.61 Å². The first-order valence-corrected chi connectivity index (χ1v) is 6.48. The Kier molecular flexibility index (Phi) is 4.07. The number of rotatable bonds is 4. The zero-order chi connectivity index (χ0) is 12.2. The first-order chi connectivity index (χ1) is 7.33. The normalized spacial score (nSPS) is 12.7. The van der Waals surface area contributed by atoms with Gasteiger partial charge < -0.3 is 0 Å². The highest BCUT2D eigenvalue weighted by Gasteiger charge is 2.28. The van der Waals surface area contributed by atoms with Crippen molar-refractivity contribution in [2.45, 2.75) is 32.1 Å². The molecule has 1 aromatic rings. The minimum absolute atomic E-state index is 0.218. The van der Waals surface area contributed by atoms with Gasteiger partial charge in [-0.3, -0.25) is 4.84 Å². The second-order valence-electron chi connectivity index (χ2n) is 4.47. The fourth-order valence-electron chi connectivity index (χ4n) is 0.890. The predicted molar refractivity (Wildman–Crippen MR) is 63.0 cm³/mol. The van der Waals surface area contributed by atoms with Crippen LogP contribution >= 0.6 is 0 Å². The molecule has 16 heavy (non-hydrogen) atoms. The maximum absolute atomic E-state index is 11.6. The van der Waals surface area contributed by atoms with Crippen molar-refractivity contribution in [3.8, 4) is 0 Å². The average Bonchev–Trinajstić information content (AvgIpc) is 2.17. The summed E-state index contributed by atoms with van der Waals surface area (Å²) in [6.45, 7) is 5.06. The monoisotopic (exact) mass is 243 g/mol. The van der Waals surface area contributed by atoms with E-state index in [0.29, 0.717) is 0 Å². The molecule has 0 fully saturated rings. The lowest BCUT2D eigenvalue weighted by molar-refractivity contribution is 0.0780. The van der Waals surface area contributed by atoms with Crippen LogP contribution in [0.2, 0.25) is 0 Å². The Hall–Kier alpha value is -0.910. The van der Waals surface area contributed by atoms with Crippen molar-refractivity contribution < 1.29 is 13.3 Å². The van der Waals surface area contributed by atoms with Crippen molar-refractivity contribution in [3.05, 3.63) is 35.9 Å². The largest absolute Gasteiger partial charge is 0.282 e. The standard InChI is InChI=1S/C11H17NO3S/c1-11(2,3)16(13,14)12-15-9-10-7-5-4-6-8-10/h4-8,12H,9H2,1-3H3. The number of nitrogens with one attached hydrogen (secondary N) is 1. The summed E-state index contributed by atoms with van der Waals surface area (Å²) in [4.78, 5) is 7.09. The highest BCUT2D eigenvalue weighted by atomic mass is 32.2. The maximum Gasteiger partial charge on any atom is 0.238 e. The molecule has 0 bridgehead atoms. The zero-order valence-corrected chi connectivity index (χ0v) is 10.5. The Balaban J connectivity index is 2.49. The van der Waals surface area contributed by atoms with Crippen LogP contribution in [0.4, 0.5) is 0 Å². The molecular weight excluding hydrogens is 226 g/mol. The number of sulfonamides is 1. The van der Waals surface area contributed by atoms with Crippen molar-refractivity contribution in [1.29, 1.82) is 0 Å². The predicted octanol–water partition coefficient (Wildman–Crippen LogP) is 1.84. The Morgan fingerprint density at radius 1 is 1.19 bits per heavy atom. The molecule has 1 rings (SSSR count). The Labute approximate surface area is 96.6 Å². The number of benzene rings is 1. The molecule has 0 amide bonds. The fourth-order valence-corrected chi connectivity index (χ4v) is 1.35. The van der Waals surface area contributed by atoms with Gasteiger partial charge >= 0.3 is 0 Å². The minimum Gasteiger partial charge on any atom is -0.282 e. The highest BCUT2D eigenvalue weighted by molar-refractivity contribution is 7.90. The first kappa shape index (κ1) is 13.2. The third kappa shape index (κ3) is 3.59. The second-order valence-corrected chi connectivity index (χ2v) is 6.87. The number of hydrogen-bond donors (Lipinski definition) is 1. The van der Waals surface area contributed by atoms with Crippen LogP contribution in [0.1, 0.15) is 26.3 Å². The molecule has 0 radical (unpaired) electrons. The Bertz CT molecular complexity index is 420. The van der Waals surface area contributed by atoms with Crippen molar-refractivity contribution in [2.24, 2.45) is 0 Å². The molecule has 4 nitrogen and oxygen atoms in total. The SMILES string of the molecule is CC(C)(C)S(=O)(=O)NOCc1ccccc1. The zero-order valence-electron chi connectivity index (χ0n) is 9.73. The Morgan fingerprint density at radius 3 is 2.25 bits per heavy atom. The molecule has 0 unspecified atom stereocenters. The van der Waals surface area contributed by atoms with Gasteiger partial charge in [0.05, 0.1) is 11.4 Å². The molecule has 0 aliphatic rings. The summed E-state index contributed by atoms with van der Waals surface area (Å²) in [5.74, 6) is 0. The van der Waals surface area contributed by atoms with E-state index in [1.807, 2.05) is 30.3 Å². The van der Waals surface area contributed by atoms with E-state index in [0.717, 1.165) is 5.56 Å². The molecule has 0 aliphatic heterocycles. The van der Waals surface area contributed by atoms with Crippen molar-refractivity contribution in [1.82, 2.24) is 4.89 Å². The summed E-state index contributed by atoms with van der Waals surface area (Å²) >= 11 is 0. The van der Waals surface area contributed by atoms with Gasteiger partial charge in [0.2, 0.25) is 10.0 Å². The van der Waals surface area contributed by atoms with E-state index in [1.54, 1.807) is 20.8 Å². The van der Waals surface area contributed by atoms with Crippen LogP contribution in [0.25, 0.3) is 0 Å². The molecule has 0 aromatic heterocycles. The third-order valence-electron chi connectivity index (χ3n) is 2.06. The van der Waals surface area contributed by atoms with E-state index in [2.05, 4.69) is 4.89 Å². The molecule has 0 saturated heterocycles. The van der Waals surface area contributed by atoms with Gasteiger partial charge in [0.1, 0.15) is 0 Å². The topological polar surface area (TPSA) is 55.4 Å². The summed E-state index contributed by atoms with van der Waals surface area (Å²) in [7, 11) is -3.44. The molecule has 0 aliphatic carbocycles. The Morgan fingerprint density at radius 2 is 1.75 bits per heavy atom. The molecule has 0 heterocycles. The summed E-state index contributed by atoms with van der Waals surface area (Å²) < 4.78 is 22.3. The van der Waals surface area contributed by atoms with Crippen LogP contribution < -0.4 is 4.89 Å². The van der Waals surface area contributed by atoms with Gasteiger partial charge in [-0.2, -0.15) is 0 Å². The summed E-state index contributed by atoms with van der Waals surface area (Å²) in [5, 5.41) is 0. The van der Waals surface area contributed by atoms with E-state index < -0.39 is 14.8 Å².